The second-order valence-electron chi connectivity index (χ2n) is 12.3. The minimum atomic E-state index is -0.189. The molecule has 0 aromatic heterocycles. The zero-order valence-corrected chi connectivity index (χ0v) is 23.4. The Balaban J connectivity index is 0.00000167. The number of hydrogen-bond acceptors (Lipinski definition) is 2. The molecule has 0 aliphatic heterocycles. The van der Waals surface area contributed by atoms with E-state index in [0.29, 0.717) is 18.4 Å². The number of Topliss-reactive ketones (excluding diaryl/α,β-unsaturated/α-hetero) is 1. The Bertz CT molecular complexity index is 1170. The minimum absolute atomic E-state index is 0.0192. The highest BCUT2D eigenvalue weighted by molar-refractivity contribution is 6.22. The molecule has 2 aromatic rings. The Morgan fingerprint density at radius 2 is 1.37 bits per heavy atom. The second-order valence-corrected chi connectivity index (χ2v) is 12.3. The number of benzene rings is 2. The van der Waals surface area contributed by atoms with Crippen molar-refractivity contribution >= 4 is 16.9 Å². The SMILES string of the molecule is C=C(c1ccc(C2=C(O)CC(C)(C)CC2=O)cc1)c1cc2c(cc1C)C(C)(C)CCC2(C)C.CC. The van der Waals surface area contributed by atoms with Crippen molar-refractivity contribution in [3.63, 3.8) is 0 Å². The molecule has 2 heteroatoms. The van der Waals surface area contributed by atoms with Gasteiger partial charge in [-0.15, -0.1) is 0 Å². The first kappa shape index (κ1) is 27.0. The largest absolute Gasteiger partial charge is 0.512 e. The van der Waals surface area contributed by atoms with Crippen LogP contribution >= 0.6 is 0 Å². The van der Waals surface area contributed by atoms with Crippen molar-refractivity contribution in [3.05, 3.63) is 82.1 Å². The first-order valence-corrected chi connectivity index (χ1v) is 13.1. The third-order valence-electron chi connectivity index (χ3n) is 7.90. The van der Waals surface area contributed by atoms with E-state index in [-0.39, 0.29) is 27.8 Å². The van der Waals surface area contributed by atoms with E-state index >= 15 is 0 Å². The van der Waals surface area contributed by atoms with Gasteiger partial charge in [0.05, 0.1) is 5.57 Å². The number of aliphatic hydroxyl groups excluding tert-OH is 1. The Morgan fingerprint density at radius 3 is 1.89 bits per heavy atom. The van der Waals surface area contributed by atoms with Crippen LogP contribution in [0.1, 0.15) is 114 Å². The fourth-order valence-electron chi connectivity index (χ4n) is 5.66. The van der Waals surface area contributed by atoms with Gasteiger partial charge in [-0.1, -0.05) is 98.4 Å². The molecule has 0 amide bonds. The lowest BCUT2D eigenvalue weighted by Gasteiger charge is -2.42. The quantitative estimate of drug-likeness (QED) is 0.483. The molecule has 0 radical (unpaired) electrons. The van der Waals surface area contributed by atoms with E-state index in [1.807, 2.05) is 52.0 Å². The second kappa shape index (κ2) is 9.45. The Kier molecular flexibility index (Phi) is 7.29. The fourth-order valence-corrected chi connectivity index (χ4v) is 5.66. The summed E-state index contributed by atoms with van der Waals surface area (Å²) in [5, 5.41) is 10.6. The van der Waals surface area contributed by atoms with Crippen LogP contribution < -0.4 is 0 Å². The number of rotatable bonds is 3. The van der Waals surface area contributed by atoms with Crippen LogP contribution in [0.15, 0.2) is 48.7 Å². The van der Waals surface area contributed by atoms with Gasteiger partial charge in [0.15, 0.2) is 5.78 Å². The molecule has 0 heterocycles. The molecule has 0 saturated heterocycles. The molecule has 0 fully saturated rings. The highest BCUT2D eigenvalue weighted by Gasteiger charge is 2.37. The van der Waals surface area contributed by atoms with E-state index < -0.39 is 0 Å². The standard InChI is InChI=1S/C31H38O2.C2H6/c1-19-15-24-25(31(7,8)14-13-30(24,5)6)16-23(19)20(2)21-9-11-22(12-10-21)28-26(32)17-29(3,4)18-27(28)33;1-2/h9-12,15-16,32H,2,13-14,17-18H2,1,3-8H3;1-2H3. The lowest BCUT2D eigenvalue weighted by molar-refractivity contribution is -0.116. The number of carbonyl (C=O) groups excluding carboxylic acids is 1. The van der Waals surface area contributed by atoms with Crippen molar-refractivity contribution in [1.82, 2.24) is 0 Å². The number of carbonyl (C=O) groups is 1. The number of ketones is 1. The maximum atomic E-state index is 12.7. The van der Waals surface area contributed by atoms with Crippen molar-refractivity contribution in [2.75, 3.05) is 0 Å². The third kappa shape index (κ3) is 5.17. The molecule has 0 unspecified atom stereocenters. The van der Waals surface area contributed by atoms with Crippen LogP contribution in [-0.2, 0) is 15.6 Å². The molecule has 0 saturated carbocycles. The van der Waals surface area contributed by atoms with E-state index in [9.17, 15) is 9.90 Å². The summed E-state index contributed by atoms with van der Waals surface area (Å²) in [6.45, 7) is 24.1. The maximum absolute atomic E-state index is 12.7. The highest BCUT2D eigenvalue weighted by atomic mass is 16.3. The van der Waals surface area contributed by atoms with E-state index in [1.165, 1.54) is 35.1 Å². The third-order valence-corrected chi connectivity index (χ3v) is 7.90. The van der Waals surface area contributed by atoms with Crippen LogP contribution in [0.4, 0.5) is 0 Å². The molecule has 188 valence electrons. The van der Waals surface area contributed by atoms with Gasteiger partial charge < -0.3 is 5.11 Å². The van der Waals surface area contributed by atoms with Gasteiger partial charge in [0.1, 0.15) is 5.76 Å². The molecule has 1 N–H and O–H groups in total. The zero-order chi connectivity index (χ0) is 26.3. The minimum Gasteiger partial charge on any atom is -0.512 e. The van der Waals surface area contributed by atoms with Gasteiger partial charge in [0, 0.05) is 12.8 Å². The van der Waals surface area contributed by atoms with Gasteiger partial charge >= 0.3 is 0 Å². The van der Waals surface area contributed by atoms with Gasteiger partial charge in [0.2, 0.25) is 0 Å². The predicted octanol–water partition coefficient (Wildman–Crippen LogP) is 9.09. The smallest absolute Gasteiger partial charge is 0.167 e. The van der Waals surface area contributed by atoms with Crippen LogP contribution in [0.25, 0.3) is 11.1 Å². The van der Waals surface area contributed by atoms with Gasteiger partial charge in [-0.25, -0.2) is 0 Å². The number of aryl methyl sites for hydroxylation is 1. The lowest BCUT2D eigenvalue weighted by atomic mass is 9.62. The highest BCUT2D eigenvalue weighted by Crippen LogP contribution is 2.47. The average Bonchev–Trinajstić information content (AvgIpc) is 2.77. The number of hydrogen-bond donors (Lipinski definition) is 1. The fraction of sp³-hybridized carbons (Fsp3) is 0.485. The summed E-state index contributed by atoms with van der Waals surface area (Å²) in [5.74, 6) is 0.226. The summed E-state index contributed by atoms with van der Waals surface area (Å²) in [7, 11) is 0. The molecule has 2 aliphatic rings. The van der Waals surface area contributed by atoms with Gasteiger partial charge in [-0.3, -0.25) is 4.79 Å². The molecule has 35 heavy (non-hydrogen) atoms. The molecule has 0 bridgehead atoms. The molecule has 2 nitrogen and oxygen atoms in total. The molecule has 2 aliphatic carbocycles. The van der Waals surface area contributed by atoms with Crippen molar-refractivity contribution in [1.29, 1.82) is 0 Å². The number of aliphatic hydroxyl groups is 1. The Morgan fingerprint density at radius 1 is 0.857 bits per heavy atom. The Hall–Kier alpha value is -2.61. The first-order chi connectivity index (χ1) is 16.2. The summed E-state index contributed by atoms with van der Waals surface area (Å²) < 4.78 is 0. The maximum Gasteiger partial charge on any atom is 0.167 e. The Labute approximate surface area is 213 Å². The number of fused-ring (bicyclic) bond motifs is 1. The molecule has 0 spiro atoms. The molecular weight excluding hydrogens is 428 g/mol. The predicted molar refractivity (Wildman–Crippen MR) is 150 cm³/mol. The summed E-state index contributed by atoms with van der Waals surface area (Å²) in [6.07, 6.45) is 3.37. The van der Waals surface area contributed by atoms with Crippen LogP contribution in [0.5, 0.6) is 0 Å². The molecule has 0 atom stereocenters. The van der Waals surface area contributed by atoms with E-state index in [2.05, 4.69) is 53.3 Å². The van der Waals surface area contributed by atoms with E-state index in [0.717, 1.165) is 16.7 Å². The normalized spacial score (nSPS) is 20.0. The summed E-state index contributed by atoms with van der Waals surface area (Å²) in [6, 6.07) is 12.7. The van der Waals surface area contributed by atoms with Gasteiger partial charge in [-0.2, -0.15) is 0 Å². The van der Waals surface area contributed by atoms with Crippen LogP contribution in [0, 0.1) is 12.3 Å². The molecule has 2 aromatic carbocycles. The van der Waals surface area contributed by atoms with Crippen molar-refractivity contribution in [3.8, 4) is 0 Å². The summed E-state index contributed by atoms with van der Waals surface area (Å²) in [4.78, 5) is 12.7. The van der Waals surface area contributed by atoms with Crippen molar-refractivity contribution in [2.24, 2.45) is 5.41 Å². The number of allylic oxidation sites excluding steroid dienone is 2. The molecule has 4 rings (SSSR count). The van der Waals surface area contributed by atoms with Crippen LogP contribution in [-0.4, -0.2) is 10.9 Å². The lowest BCUT2D eigenvalue weighted by Crippen LogP contribution is -2.34. The molecular formula is C33H44O2. The van der Waals surface area contributed by atoms with Crippen LogP contribution in [0.2, 0.25) is 0 Å². The van der Waals surface area contributed by atoms with Gasteiger partial charge in [0.25, 0.3) is 0 Å². The van der Waals surface area contributed by atoms with Crippen molar-refractivity contribution in [2.45, 2.75) is 98.8 Å². The summed E-state index contributed by atoms with van der Waals surface area (Å²) >= 11 is 0. The average molecular weight is 473 g/mol. The van der Waals surface area contributed by atoms with Crippen LogP contribution in [0.3, 0.4) is 0 Å². The zero-order valence-electron chi connectivity index (χ0n) is 23.4. The monoisotopic (exact) mass is 472 g/mol. The van der Waals surface area contributed by atoms with Crippen molar-refractivity contribution < 1.29 is 9.90 Å². The van der Waals surface area contributed by atoms with Gasteiger partial charge in [-0.05, 0) is 75.0 Å². The topological polar surface area (TPSA) is 37.3 Å². The van der Waals surface area contributed by atoms with E-state index in [1.54, 1.807) is 0 Å². The summed E-state index contributed by atoms with van der Waals surface area (Å²) in [5.41, 5.74) is 8.77. The first-order valence-electron chi connectivity index (χ1n) is 13.1. The van der Waals surface area contributed by atoms with E-state index in [4.69, 9.17) is 0 Å².